The summed E-state index contributed by atoms with van der Waals surface area (Å²) in [6, 6.07) is 0.784. The van der Waals surface area contributed by atoms with Gasteiger partial charge in [0.15, 0.2) is 6.20 Å². The lowest BCUT2D eigenvalue weighted by Crippen LogP contribution is -1.96. The number of hydrogen-bond donors (Lipinski definition) is 0. The molecule has 7 heteroatoms. The van der Waals surface area contributed by atoms with E-state index in [0.29, 0.717) is 0 Å². The Hall–Kier alpha value is -0.860. The van der Waals surface area contributed by atoms with E-state index in [1.54, 1.807) is 22.6 Å². The summed E-state index contributed by atoms with van der Waals surface area (Å²) in [4.78, 5) is 12.8. The molecule has 0 unspecified atom stereocenters. The van der Waals surface area contributed by atoms with Gasteiger partial charge in [-0.25, -0.2) is 8.78 Å². The predicted molar refractivity (Wildman–Crippen MR) is 48.6 cm³/mol. The van der Waals surface area contributed by atoms with Gasteiger partial charge in [0, 0.05) is 11.6 Å². The number of pyridine rings is 1. The summed E-state index contributed by atoms with van der Waals surface area (Å²) in [5.74, 6) is -0.560. The molecule has 0 aliphatic carbocycles. The monoisotopic (exact) mass is 300 g/mol. The van der Waals surface area contributed by atoms with Gasteiger partial charge in [-0.15, -0.1) is 0 Å². The molecule has 13 heavy (non-hydrogen) atoms. The van der Waals surface area contributed by atoms with E-state index in [0.717, 1.165) is 12.3 Å². The minimum atomic E-state index is -2.71. The molecule has 1 rings (SSSR count). The lowest BCUT2D eigenvalue weighted by molar-refractivity contribution is -0.389. The Morgan fingerprint density at radius 3 is 2.69 bits per heavy atom. The van der Waals surface area contributed by atoms with Crippen molar-refractivity contribution in [1.29, 1.82) is 0 Å². The second kappa shape index (κ2) is 3.90. The van der Waals surface area contributed by atoms with Crippen LogP contribution in [0.25, 0.3) is 0 Å². The van der Waals surface area contributed by atoms with Crippen LogP contribution in [0, 0.1) is 13.7 Å². The minimum absolute atomic E-state index is 0.221. The van der Waals surface area contributed by atoms with Gasteiger partial charge in [-0.2, -0.15) is 0 Å². The van der Waals surface area contributed by atoms with Crippen molar-refractivity contribution in [2.75, 3.05) is 0 Å². The van der Waals surface area contributed by atoms with Crippen molar-refractivity contribution in [2.45, 2.75) is 6.43 Å². The molecule has 0 amide bonds. The Bertz CT molecular complexity index is 345. The Kier molecular flexibility index (Phi) is 3.07. The molecule has 0 aliphatic rings. The van der Waals surface area contributed by atoms with Gasteiger partial charge < -0.3 is 10.1 Å². The van der Waals surface area contributed by atoms with Crippen LogP contribution in [0.1, 0.15) is 12.0 Å². The topological polar surface area (TPSA) is 56.0 Å². The number of hydrogen-bond acceptors (Lipinski definition) is 3. The first kappa shape index (κ1) is 10.2. The van der Waals surface area contributed by atoms with Crippen molar-refractivity contribution in [1.82, 2.24) is 4.98 Å². The Balaban J connectivity index is 3.19. The molecule has 0 saturated carbocycles. The molecular formula is C6H3F2IN2O2. The quantitative estimate of drug-likeness (QED) is 0.479. The van der Waals surface area contributed by atoms with Crippen molar-refractivity contribution in [2.24, 2.45) is 0 Å². The molecule has 70 valence electrons. The fourth-order valence-electron chi connectivity index (χ4n) is 0.710. The highest BCUT2D eigenvalue weighted by molar-refractivity contribution is 14.1. The van der Waals surface area contributed by atoms with E-state index in [9.17, 15) is 18.9 Å². The van der Waals surface area contributed by atoms with E-state index in [-0.39, 0.29) is 9.13 Å². The Morgan fingerprint density at radius 2 is 2.23 bits per heavy atom. The highest BCUT2D eigenvalue weighted by Gasteiger charge is 2.17. The molecule has 0 fully saturated rings. The molecule has 1 aromatic rings. The third-order valence-corrected chi connectivity index (χ3v) is 2.19. The first-order valence-electron chi connectivity index (χ1n) is 3.10. The Labute approximate surface area is 85.3 Å². The molecule has 4 nitrogen and oxygen atoms in total. The van der Waals surface area contributed by atoms with Gasteiger partial charge in [-0.05, 0) is 32.5 Å². The fraction of sp³-hybridized carbons (Fsp3) is 0.167. The smallest absolute Gasteiger partial charge is 0.358 e. The highest BCUT2D eigenvalue weighted by atomic mass is 127. The van der Waals surface area contributed by atoms with E-state index in [1.807, 2.05) is 0 Å². The summed E-state index contributed by atoms with van der Waals surface area (Å²) >= 11 is 1.65. The number of halogens is 3. The van der Waals surface area contributed by atoms with Crippen LogP contribution in [-0.4, -0.2) is 9.91 Å². The molecule has 0 aliphatic heterocycles. The lowest BCUT2D eigenvalue weighted by atomic mass is 10.3. The average molecular weight is 300 g/mol. The number of nitrogens with zero attached hydrogens (tertiary/aromatic N) is 2. The molecule has 0 saturated heterocycles. The summed E-state index contributed by atoms with van der Waals surface area (Å²) in [5, 5.41) is 10.2. The summed E-state index contributed by atoms with van der Waals surface area (Å²) in [6.07, 6.45) is -1.66. The van der Waals surface area contributed by atoms with E-state index < -0.39 is 17.2 Å². The van der Waals surface area contributed by atoms with E-state index in [4.69, 9.17) is 0 Å². The van der Waals surface area contributed by atoms with E-state index >= 15 is 0 Å². The maximum absolute atomic E-state index is 12.2. The van der Waals surface area contributed by atoms with Crippen LogP contribution < -0.4 is 0 Å². The maximum Gasteiger partial charge on any atom is 0.363 e. The summed E-state index contributed by atoms with van der Waals surface area (Å²) in [5.41, 5.74) is -0.359. The van der Waals surface area contributed by atoms with Crippen LogP contribution in [0.5, 0.6) is 0 Å². The van der Waals surface area contributed by atoms with Crippen LogP contribution >= 0.6 is 22.6 Å². The molecule has 0 aromatic carbocycles. The molecule has 0 atom stereocenters. The molecule has 0 bridgehead atoms. The molecule has 0 radical (unpaired) electrons. The second-order valence-electron chi connectivity index (χ2n) is 2.12. The van der Waals surface area contributed by atoms with Crippen LogP contribution in [-0.2, 0) is 0 Å². The lowest BCUT2D eigenvalue weighted by Gasteiger charge is -2.00. The van der Waals surface area contributed by atoms with Crippen molar-refractivity contribution >= 4 is 28.4 Å². The summed E-state index contributed by atoms with van der Waals surface area (Å²) in [6.45, 7) is 0. The van der Waals surface area contributed by atoms with E-state index in [1.165, 1.54) is 0 Å². The molecule has 0 N–H and O–H groups in total. The van der Waals surface area contributed by atoms with Crippen molar-refractivity contribution < 1.29 is 13.7 Å². The minimum Gasteiger partial charge on any atom is -0.358 e. The number of rotatable bonds is 2. The standard InChI is InChI=1S/C6H3F2IN2O2/c7-6(8)3-1-5(11(12)13)10-2-4(3)9/h1-2,6H. The van der Waals surface area contributed by atoms with Gasteiger partial charge in [-0.3, -0.25) is 0 Å². The number of aromatic nitrogens is 1. The third kappa shape index (κ3) is 2.29. The van der Waals surface area contributed by atoms with Gasteiger partial charge >= 0.3 is 5.82 Å². The predicted octanol–water partition coefficient (Wildman–Crippen LogP) is 2.53. The van der Waals surface area contributed by atoms with Gasteiger partial charge in [0.1, 0.15) is 0 Å². The summed E-state index contributed by atoms with van der Waals surface area (Å²) in [7, 11) is 0. The zero-order chi connectivity index (χ0) is 10.0. The molecular weight excluding hydrogens is 297 g/mol. The first-order valence-corrected chi connectivity index (χ1v) is 4.18. The number of alkyl halides is 2. The number of nitro groups is 1. The summed E-state index contributed by atoms with van der Waals surface area (Å²) < 4.78 is 24.7. The largest absolute Gasteiger partial charge is 0.363 e. The molecule has 1 aromatic heterocycles. The first-order chi connectivity index (χ1) is 6.02. The average Bonchev–Trinajstić information content (AvgIpc) is 2.04. The van der Waals surface area contributed by atoms with Crippen LogP contribution in [0.3, 0.4) is 0 Å². The second-order valence-corrected chi connectivity index (χ2v) is 3.28. The van der Waals surface area contributed by atoms with Gasteiger partial charge in [0.05, 0.1) is 3.57 Å². The van der Waals surface area contributed by atoms with Gasteiger partial charge in [-0.1, -0.05) is 0 Å². The van der Waals surface area contributed by atoms with Crippen LogP contribution in [0.15, 0.2) is 12.3 Å². The zero-order valence-corrected chi connectivity index (χ0v) is 8.23. The molecule has 0 spiro atoms. The van der Waals surface area contributed by atoms with Crippen LogP contribution in [0.2, 0.25) is 0 Å². The zero-order valence-electron chi connectivity index (χ0n) is 6.08. The Morgan fingerprint density at radius 1 is 1.62 bits per heavy atom. The maximum atomic E-state index is 12.2. The van der Waals surface area contributed by atoms with Gasteiger partial charge in [0.25, 0.3) is 6.43 Å². The van der Waals surface area contributed by atoms with Crippen molar-refractivity contribution in [3.63, 3.8) is 0 Å². The SMILES string of the molecule is O=[N+]([O-])c1cc(C(F)F)c(I)cn1. The van der Waals surface area contributed by atoms with E-state index in [2.05, 4.69) is 4.98 Å². The van der Waals surface area contributed by atoms with Crippen molar-refractivity contribution in [3.8, 4) is 0 Å². The highest BCUT2D eigenvalue weighted by Crippen LogP contribution is 2.26. The fourth-order valence-corrected chi connectivity index (χ4v) is 1.24. The van der Waals surface area contributed by atoms with Crippen molar-refractivity contribution in [3.05, 3.63) is 31.5 Å². The van der Waals surface area contributed by atoms with Gasteiger partial charge in [0.2, 0.25) is 0 Å². The molecule has 1 heterocycles. The normalized spacial score (nSPS) is 10.5. The van der Waals surface area contributed by atoms with Crippen LogP contribution in [0.4, 0.5) is 14.6 Å². The third-order valence-electron chi connectivity index (χ3n) is 1.29.